The van der Waals surface area contributed by atoms with Crippen molar-refractivity contribution in [3.8, 4) is 17.2 Å². The lowest BCUT2D eigenvalue weighted by Crippen LogP contribution is -2.42. The Kier molecular flexibility index (Phi) is 9.72. The van der Waals surface area contributed by atoms with Gasteiger partial charge in [0, 0.05) is 14.2 Å². The lowest BCUT2D eigenvalue weighted by atomic mass is 9.97. The lowest BCUT2D eigenvalue weighted by molar-refractivity contribution is -0.110. The minimum Gasteiger partial charge on any atom is -0.493 e. The Bertz CT molecular complexity index is 1170. The second kappa shape index (κ2) is 12.7. The van der Waals surface area contributed by atoms with Crippen molar-refractivity contribution in [2.24, 2.45) is 0 Å². The molecule has 8 nitrogen and oxygen atoms in total. The van der Waals surface area contributed by atoms with E-state index in [1.807, 2.05) is 48.5 Å². The molecule has 0 radical (unpaired) electrons. The Hall–Kier alpha value is -3.11. The smallest absolute Gasteiger partial charge is 0.219 e. The van der Waals surface area contributed by atoms with Gasteiger partial charge in [0.05, 0.1) is 39.7 Å². The molecule has 194 valence electrons. The van der Waals surface area contributed by atoms with E-state index in [1.165, 1.54) is 39.9 Å². The summed E-state index contributed by atoms with van der Waals surface area (Å²) < 4.78 is 56.9. The number of nitrogens with zero attached hydrogens (tertiary/aromatic N) is 1. The third-order valence-electron chi connectivity index (χ3n) is 5.81. The van der Waals surface area contributed by atoms with Gasteiger partial charge < -0.3 is 23.7 Å². The maximum atomic E-state index is 14.0. The number of hydrogen-bond acceptors (Lipinski definition) is 7. The summed E-state index contributed by atoms with van der Waals surface area (Å²) in [6.45, 7) is -0.0433. The first kappa shape index (κ1) is 27.5. The maximum absolute atomic E-state index is 14.0. The second-order valence-corrected chi connectivity index (χ2v) is 9.91. The number of methoxy groups -OCH3 is 5. The summed E-state index contributed by atoms with van der Waals surface area (Å²) in [6, 6.07) is 21.2. The van der Waals surface area contributed by atoms with Gasteiger partial charge in [-0.15, -0.1) is 0 Å². The molecular weight excluding hydrogens is 482 g/mol. The van der Waals surface area contributed by atoms with Gasteiger partial charge in [-0.2, -0.15) is 4.31 Å². The first-order valence-corrected chi connectivity index (χ1v) is 12.9. The van der Waals surface area contributed by atoms with Gasteiger partial charge in [-0.25, -0.2) is 8.42 Å². The van der Waals surface area contributed by atoms with Crippen LogP contribution in [-0.2, 0) is 25.2 Å². The van der Waals surface area contributed by atoms with Crippen LogP contribution in [0.25, 0.3) is 0 Å². The average Bonchev–Trinajstić information content (AvgIpc) is 2.90. The molecule has 0 N–H and O–H groups in total. The summed E-state index contributed by atoms with van der Waals surface area (Å²) in [5.74, 6) is 1.06. The fourth-order valence-electron chi connectivity index (χ4n) is 4.06. The standard InChI is InChI=1S/C27H33NO7S/c1-31-23-16-22(17-24(32-2)27(23)35-5)26(21-14-10-7-11-15-21)28(18-25(33-3)34-4)36(29,30)19-20-12-8-6-9-13-20/h6-17,25-26H,18-19H2,1-5H3. The van der Waals surface area contributed by atoms with Gasteiger partial charge in [-0.3, -0.25) is 0 Å². The molecule has 3 rings (SSSR count). The first-order valence-electron chi connectivity index (χ1n) is 11.3. The van der Waals surface area contributed by atoms with E-state index in [2.05, 4.69) is 0 Å². The zero-order chi connectivity index (χ0) is 26.1. The highest BCUT2D eigenvalue weighted by Gasteiger charge is 2.35. The average molecular weight is 516 g/mol. The van der Waals surface area contributed by atoms with Crippen molar-refractivity contribution in [2.75, 3.05) is 42.1 Å². The second-order valence-electron chi connectivity index (χ2n) is 7.98. The molecule has 0 aliphatic rings. The van der Waals surface area contributed by atoms with Crippen LogP contribution in [0.5, 0.6) is 17.2 Å². The predicted molar refractivity (Wildman–Crippen MR) is 138 cm³/mol. The fourth-order valence-corrected chi connectivity index (χ4v) is 5.75. The zero-order valence-corrected chi connectivity index (χ0v) is 22.0. The highest BCUT2D eigenvalue weighted by molar-refractivity contribution is 7.88. The minimum atomic E-state index is -3.88. The van der Waals surface area contributed by atoms with Crippen molar-refractivity contribution in [3.63, 3.8) is 0 Å². The van der Waals surface area contributed by atoms with Crippen molar-refractivity contribution >= 4 is 10.0 Å². The predicted octanol–water partition coefficient (Wildman–Crippen LogP) is 4.25. The molecule has 0 spiro atoms. The van der Waals surface area contributed by atoms with Crippen LogP contribution in [0.3, 0.4) is 0 Å². The van der Waals surface area contributed by atoms with E-state index in [4.69, 9.17) is 23.7 Å². The zero-order valence-electron chi connectivity index (χ0n) is 21.2. The summed E-state index contributed by atoms with van der Waals surface area (Å²) in [6.07, 6.45) is -0.788. The molecule has 1 unspecified atom stereocenters. The Morgan fingerprint density at radius 3 is 1.72 bits per heavy atom. The largest absolute Gasteiger partial charge is 0.493 e. The molecule has 0 saturated heterocycles. The number of sulfonamides is 1. The van der Waals surface area contributed by atoms with Gasteiger partial charge in [0.15, 0.2) is 17.8 Å². The molecule has 0 aliphatic heterocycles. The maximum Gasteiger partial charge on any atom is 0.219 e. The molecule has 9 heteroatoms. The quantitative estimate of drug-likeness (QED) is 0.315. The third-order valence-corrected chi connectivity index (χ3v) is 7.58. The Morgan fingerprint density at radius 2 is 1.25 bits per heavy atom. The monoisotopic (exact) mass is 515 g/mol. The van der Waals surface area contributed by atoms with Crippen LogP contribution >= 0.6 is 0 Å². The van der Waals surface area contributed by atoms with Gasteiger partial charge in [0.25, 0.3) is 0 Å². The Balaban J connectivity index is 2.24. The summed E-state index contributed by atoms with van der Waals surface area (Å²) in [5, 5.41) is 0. The minimum absolute atomic E-state index is 0.0433. The summed E-state index contributed by atoms with van der Waals surface area (Å²) in [4.78, 5) is 0. The van der Waals surface area contributed by atoms with E-state index in [1.54, 1.807) is 24.3 Å². The van der Waals surface area contributed by atoms with Gasteiger partial charge in [-0.05, 0) is 28.8 Å². The summed E-state index contributed by atoms with van der Waals surface area (Å²) in [5.41, 5.74) is 2.07. The Labute approximate surface area is 213 Å². The molecule has 1 atom stereocenters. The highest BCUT2D eigenvalue weighted by Crippen LogP contribution is 2.43. The normalized spacial score (nSPS) is 12.5. The van der Waals surface area contributed by atoms with E-state index >= 15 is 0 Å². The fraction of sp³-hybridized carbons (Fsp3) is 0.333. The van der Waals surface area contributed by atoms with E-state index < -0.39 is 22.4 Å². The summed E-state index contributed by atoms with van der Waals surface area (Å²) in [7, 11) is 3.64. The molecule has 3 aromatic carbocycles. The number of benzene rings is 3. The number of rotatable bonds is 13. The molecule has 36 heavy (non-hydrogen) atoms. The lowest BCUT2D eigenvalue weighted by Gasteiger charge is -2.34. The van der Waals surface area contributed by atoms with Gasteiger partial charge >= 0.3 is 0 Å². The molecule has 0 amide bonds. The van der Waals surface area contributed by atoms with E-state index in [9.17, 15) is 8.42 Å². The van der Waals surface area contributed by atoms with E-state index in [0.29, 0.717) is 28.4 Å². The highest BCUT2D eigenvalue weighted by atomic mass is 32.2. The van der Waals surface area contributed by atoms with Crippen molar-refractivity contribution in [3.05, 3.63) is 89.5 Å². The molecule has 0 bridgehead atoms. The van der Waals surface area contributed by atoms with Crippen LogP contribution in [0.1, 0.15) is 22.7 Å². The molecule has 3 aromatic rings. The van der Waals surface area contributed by atoms with Gasteiger partial charge in [-0.1, -0.05) is 60.7 Å². The SMILES string of the molecule is COc1cc(C(c2ccccc2)N(CC(OC)OC)S(=O)(=O)Cc2ccccc2)cc(OC)c1OC. The third kappa shape index (κ3) is 6.36. The van der Waals surface area contributed by atoms with Crippen LogP contribution in [0.15, 0.2) is 72.8 Å². The van der Waals surface area contributed by atoms with Crippen molar-refractivity contribution in [1.82, 2.24) is 4.31 Å². The molecule has 0 heterocycles. The van der Waals surface area contributed by atoms with Crippen LogP contribution in [0, 0.1) is 0 Å². The molecule has 0 aromatic heterocycles. The molecule has 0 fully saturated rings. The van der Waals surface area contributed by atoms with Crippen LogP contribution in [0.4, 0.5) is 0 Å². The molecular formula is C27H33NO7S. The van der Waals surface area contributed by atoms with Gasteiger partial charge in [0.2, 0.25) is 15.8 Å². The van der Waals surface area contributed by atoms with Gasteiger partial charge in [0.1, 0.15) is 0 Å². The molecule has 0 saturated carbocycles. The topological polar surface area (TPSA) is 83.5 Å². The van der Waals surface area contributed by atoms with Crippen molar-refractivity contribution < 1.29 is 32.1 Å². The molecule has 0 aliphatic carbocycles. The van der Waals surface area contributed by atoms with Crippen LogP contribution in [-0.4, -0.2) is 61.1 Å². The summed E-state index contributed by atoms with van der Waals surface area (Å²) >= 11 is 0. The van der Waals surface area contributed by atoms with E-state index in [-0.39, 0.29) is 12.3 Å². The first-order chi connectivity index (χ1) is 17.4. The number of hydrogen-bond donors (Lipinski definition) is 0. The van der Waals surface area contributed by atoms with E-state index in [0.717, 1.165) is 5.56 Å². The van der Waals surface area contributed by atoms with Crippen LogP contribution in [0.2, 0.25) is 0 Å². The Morgan fingerprint density at radius 1 is 0.722 bits per heavy atom. The van der Waals surface area contributed by atoms with Crippen LogP contribution < -0.4 is 14.2 Å². The van der Waals surface area contributed by atoms with Crippen molar-refractivity contribution in [1.29, 1.82) is 0 Å². The van der Waals surface area contributed by atoms with Crippen molar-refractivity contribution in [2.45, 2.75) is 18.1 Å². The number of ether oxygens (including phenoxy) is 5.